The van der Waals surface area contributed by atoms with Crippen molar-refractivity contribution in [3.63, 3.8) is 0 Å². The average molecular weight is 464 g/mol. The first-order chi connectivity index (χ1) is 15.4. The molecule has 33 heavy (non-hydrogen) atoms. The lowest BCUT2D eigenvalue weighted by atomic mass is 10.0. The van der Waals surface area contributed by atoms with Gasteiger partial charge in [0.05, 0.1) is 12.5 Å². The van der Waals surface area contributed by atoms with Crippen LogP contribution < -0.4 is 27.4 Å². The van der Waals surface area contributed by atoms with Crippen LogP contribution in [0.1, 0.15) is 39.2 Å². The van der Waals surface area contributed by atoms with Crippen LogP contribution in [0.25, 0.3) is 0 Å². The largest absolute Gasteiger partial charge is 0.480 e. The Morgan fingerprint density at radius 2 is 1.45 bits per heavy atom. The molecule has 0 aliphatic heterocycles. The van der Waals surface area contributed by atoms with Gasteiger partial charge in [0, 0.05) is 6.42 Å². The van der Waals surface area contributed by atoms with Crippen molar-refractivity contribution in [2.45, 2.75) is 64.2 Å². The van der Waals surface area contributed by atoms with Gasteiger partial charge in [-0.25, -0.2) is 4.79 Å². The van der Waals surface area contributed by atoms with Crippen LogP contribution in [0.15, 0.2) is 30.3 Å². The number of hydrogen-bond acceptors (Lipinski definition) is 6. The first-order valence-electron chi connectivity index (χ1n) is 10.6. The zero-order chi connectivity index (χ0) is 25.1. The average Bonchev–Trinajstić information content (AvgIpc) is 2.72. The molecule has 0 aliphatic carbocycles. The van der Waals surface area contributed by atoms with Crippen molar-refractivity contribution in [1.82, 2.24) is 16.0 Å². The standard InChI is InChI=1S/C22H33N5O6/c1-12(2)9-17(22(32)33)27-21(31)16(10-14-7-5-4-6-8-14)26-19(29)13(3)25-20(30)15(23)11-18(24)28/h4-8,12-13,15-17H,9-11,23H2,1-3H3,(H2,24,28)(H,25,30)(H,26,29)(H,27,31)(H,32,33). The van der Waals surface area contributed by atoms with E-state index in [2.05, 4.69) is 16.0 Å². The van der Waals surface area contributed by atoms with Gasteiger partial charge in [-0.05, 0) is 24.8 Å². The molecule has 0 heterocycles. The van der Waals surface area contributed by atoms with Gasteiger partial charge in [-0.15, -0.1) is 0 Å². The molecule has 4 atom stereocenters. The van der Waals surface area contributed by atoms with Crippen LogP contribution in [0.4, 0.5) is 0 Å². The predicted octanol–water partition coefficient (Wildman–Crippen LogP) is -0.963. The topological polar surface area (TPSA) is 194 Å². The molecule has 0 aliphatic rings. The number of carboxylic acid groups (broad SMARTS) is 1. The summed E-state index contributed by atoms with van der Waals surface area (Å²) in [6.45, 7) is 5.05. The van der Waals surface area contributed by atoms with E-state index in [1.54, 1.807) is 30.3 Å². The summed E-state index contributed by atoms with van der Waals surface area (Å²) in [5.41, 5.74) is 11.3. The molecule has 1 aromatic rings. The molecule has 4 unspecified atom stereocenters. The zero-order valence-corrected chi connectivity index (χ0v) is 19.0. The molecule has 0 radical (unpaired) electrons. The van der Waals surface area contributed by atoms with Crippen molar-refractivity contribution < 1.29 is 29.1 Å². The van der Waals surface area contributed by atoms with E-state index >= 15 is 0 Å². The summed E-state index contributed by atoms with van der Waals surface area (Å²) in [6.07, 6.45) is -0.0583. The summed E-state index contributed by atoms with van der Waals surface area (Å²) in [7, 11) is 0. The fourth-order valence-corrected chi connectivity index (χ4v) is 3.02. The molecule has 0 saturated heterocycles. The van der Waals surface area contributed by atoms with Crippen molar-refractivity contribution in [2.75, 3.05) is 0 Å². The van der Waals surface area contributed by atoms with Gasteiger partial charge in [0.25, 0.3) is 0 Å². The SMILES string of the molecule is CC(C)CC(NC(=O)C(Cc1ccccc1)NC(=O)C(C)NC(=O)C(N)CC(N)=O)C(=O)O. The smallest absolute Gasteiger partial charge is 0.326 e. The van der Waals surface area contributed by atoms with Crippen molar-refractivity contribution in [2.24, 2.45) is 17.4 Å². The number of aliphatic carboxylic acids is 1. The normalized spacial score (nSPS) is 14.5. The fraction of sp³-hybridized carbons (Fsp3) is 0.500. The van der Waals surface area contributed by atoms with Gasteiger partial charge in [-0.1, -0.05) is 44.2 Å². The number of carboxylic acids is 1. The summed E-state index contributed by atoms with van der Waals surface area (Å²) < 4.78 is 0. The Morgan fingerprint density at radius 1 is 0.879 bits per heavy atom. The van der Waals surface area contributed by atoms with Gasteiger partial charge < -0.3 is 32.5 Å². The molecule has 182 valence electrons. The maximum atomic E-state index is 12.9. The van der Waals surface area contributed by atoms with E-state index in [4.69, 9.17) is 11.5 Å². The molecule has 0 spiro atoms. The molecule has 11 nitrogen and oxygen atoms in total. The summed E-state index contributed by atoms with van der Waals surface area (Å²) in [4.78, 5) is 60.1. The number of carbonyl (C=O) groups excluding carboxylic acids is 4. The van der Waals surface area contributed by atoms with E-state index in [1.165, 1.54) is 6.92 Å². The lowest BCUT2D eigenvalue weighted by molar-refractivity contribution is -0.142. The van der Waals surface area contributed by atoms with E-state index in [0.29, 0.717) is 0 Å². The van der Waals surface area contributed by atoms with Crippen molar-refractivity contribution in [1.29, 1.82) is 0 Å². The predicted molar refractivity (Wildman–Crippen MR) is 120 cm³/mol. The number of amides is 4. The molecule has 0 saturated carbocycles. The molecule has 11 heteroatoms. The van der Waals surface area contributed by atoms with Crippen LogP contribution >= 0.6 is 0 Å². The summed E-state index contributed by atoms with van der Waals surface area (Å²) in [6, 6.07) is 4.38. The molecule has 8 N–H and O–H groups in total. The van der Waals surface area contributed by atoms with E-state index < -0.39 is 53.8 Å². The van der Waals surface area contributed by atoms with Crippen LogP contribution in [0.2, 0.25) is 0 Å². The van der Waals surface area contributed by atoms with Gasteiger partial charge in [-0.3, -0.25) is 19.2 Å². The summed E-state index contributed by atoms with van der Waals surface area (Å²) >= 11 is 0. The first kappa shape index (κ1) is 27.6. The van der Waals surface area contributed by atoms with Crippen molar-refractivity contribution in [3.05, 3.63) is 35.9 Å². The Bertz CT molecular complexity index is 845. The molecule has 1 aromatic carbocycles. The third kappa shape index (κ3) is 10.1. The molecule has 1 rings (SSSR count). The maximum Gasteiger partial charge on any atom is 0.326 e. The third-order valence-corrected chi connectivity index (χ3v) is 4.75. The quantitative estimate of drug-likeness (QED) is 0.217. The Hall–Kier alpha value is -3.47. The van der Waals surface area contributed by atoms with E-state index in [9.17, 15) is 29.1 Å². The van der Waals surface area contributed by atoms with E-state index in [-0.39, 0.29) is 25.2 Å². The minimum Gasteiger partial charge on any atom is -0.480 e. The van der Waals surface area contributed by atoms with E-state index in [1.807, 2.05) is 13.8 Å². The third-order valence-electron chi connectivity index (χ3n) is 4.75. The van der Waals surface area contributed by atoms with Crippen molar-refractivity contribution >= 4 is 29.6 Å². The van der Waals surface area contributed by atoms with Gasteiger partial charge in [-0.2, -0.15) is 0 Å². The van der Waals surface area contributed by atoms with Crippen LogP contribution in [-0.4, -0.2) is 58.9 Å². The van der Waals surface area contributed by atoms with Crippen LogP contribution in [0.5, 0.6) is 0 Å². The second kappa shape index (κ2) is 13.2. The van der Waals surface area contributed by atoms with E-state index in [0.717, 1.165) is 5.56 Å². The fourth-order valence-electron chi connectivity index (χ4n) is 3.02. The maximum absolute atomic E-state index is 12.9. The molecule has 0 aromatic heterocycles. The monoisotopic (exact) mass is 463 g/mol. The van der Waals surface area contributed by atoms with Gasteiger partial charge in [0.15, 0.2) is 0 Å². The minimum atomic E-state index is -1.21. The van der Waals surface area contributed by atoms with Gasteiger partial charge >= 0.3 is 5.97 Å². The number of nitrogens with one attached hydrogen (secondary N) is 3. The Labute approximate surface area is 192 Å². The highest BCUT2D eigenvalue weighted by Gasteiger charge is 2.29. The number of carbonyl (C=O) groups is 5. The second-order valence-electron chi connectivity index (χ2n) is 8.29. The van der Waals surface area contributed by atoms with Crippen LogP contribution in [0, 0.1) is 5.92 Å². The number of benzene rings is 1. The molecular formula is C22H33N5O6. The molecule has 4 amide bonds. The Kier molecular flexibility index (Phi) is 11.0. The second-order valence-corrected chi connectivity index (χ2v) is 8.29. The minimum absolute atomic E-state index is 0.0217. The van der Waals surface area contributed by atoms with Crippen LogP contribution in [0.3, 0.4) is 0 Å². The summed E-state index contributed by atoms with van der Waals surface area (Å²) in [5.74, 6) is -4.00. The first-order valence-corrected chi connectivity index (χ1v) is 10.6. The highest BCUT2D eigenvalue weighted by Crippen LogP contribution is 2.08. The molecular weight excluding hydrogens is 430 g/mol. The Balaban J connectivity index is 2.94. The van der Waals surface area contributed by atoms with Crippen LogP contribution in [-0.2, 0) is 30.4 Å². The van der Waals surface area contributed by atoms with Crippen molar-refractivity contribution in [3.8, 4) is 0 Å². The Morgan fingerprint density at radius 3 is 1.97 bits per heavy atom. The highest BCUT2D eigenvalue weighted by atomic mass is 16.4. The number of primary amides is 1. The number of hydrogen-bond donors (Lipinski definition) is 6. The van der Waals surface area contributed by atoms with Gasteiger partial charge in [0.2, 0.25) is 23.6 Å². The lowest BCUT2D eigenvalue weighted by Crippen LogP contribution is -2.57. The lowest BCUT2D eigenvalue weighted by Gasteiger charge is -2.24. The number of rotatable bonds is 13. The summed E-state index contributed by atoms with van der Waals surface area (Å²) in [5, 5.41) is 16.8. The number of nitrogens with two attached hydrogens (primary N) is 2. The zero-order valence-electron chi connectivity index (χ0n) is 19.0. The highest BCUT2D eigenvalue weighted by molar-refractivity contribution is 5.94. The molecule has 0 bridgehead atoms. The van der Waals surface area contributed by atoms with Gasteiger partial charge in [0.1, 0.15) is 18.1 Å². The molecule has 0 fully saturated rings.